The van der Waals surface area contributed by atoms with E-state index in [-0.39, 0.29) is 5.91 Å². The van der Waals surface area contributed by atoms with Crippen molar-refractivity contribution in [1.29, 1.82) is 0 Å². The van der Waals surface area contributed by atoms with Gasteiger partial charge in [-0.15, -0.1) is 0 Å². The molecule has 1 amide bonds. The average molecular weight is 237 g/mol. The predicted molar refractivity (Wildman–Crippen MR) is 59.1 cm³/mol. The molecule has 0 radical (unpaired) electrons. The predicted octanol–water partition coefficient (Wildman–Crippen LogP) is 0.558. The molecule has 0 aliphatic carbocycles. The van der Waals surface area contributed by atoms with Crippen molar-refractivity contribution < 1.29 is 14.7 Å². The van der Waals surface area contributed by atoms with Gasteiger partial charge in [0, 0.05) is 31.8 Å². The zero-order valence-corrected chi connectivity index (χ0v) is 9.67. The minimum atomic E-state index is -1.01. The third-order valence-electron chi connectivity index (χ3n) is 2.95. The molecule has 2 heterocycles. The SMILES string of the molecule is Cn1cc(C(C(=O)O)N2CCCCC2=O)cn1. The van der Waals surface area contributed by atoms with E-state index in [1.165, 1.54) is 11.1 Å². The van der Waals surface area contributed by atoms with Crippen LogP contribution in [0.3, 0.4) is 0 Å². The molecule has 0 saturated carbocycles. The number of likely N-dealkylation sites (tertiary alicyclic amines) is 1. The van der Waals surface area contributed by atoms with Crippen LogP contribution in [-0.2, 0) is 16.6 Å². The van der Waals surface area contributed by atoms with Crippen molar-refractivity contribution in [3.63, 3.8) is 0 Å². The van der Waals surface area contributed by atoms with E-state index in [9.17, 15) is 14.7 Å². The van der Waals surface area contributed by atoms with Gasteiger partial charge in [0.1, 0.15) is 0 Å². The Kier molecular flexibility index (Phi) is 3.12. The second kappa shape index (κ2) is 4.57. The maximum absolute atomic E-state index is 11.8. The van der Waals surface area contributed by atoms with E-state index < -0.39 is 12.0 Å². The highest BCUT2D eigenvalue weighted by Crippen LogP contribution is 2.25. The summed E-state index contributed by atoms with van der Waals surface area (Å²) in [5, 5.41) is 13.2. The summed E-state index contributed by atoms with van der Waals surface area (Å²) < 4.78 is 1.54. The van der Waals surface area contributed by atoms with E-state index in [1.54, 1.807) is 17.9 Å². The molecule has 1 aliphatic rings. The average Bonchev–Trinajstić information content (AvgIpc) is 2.68. The third kappa shape index (κ3) is 2.30. The number of carbonyl (C=O) groups is 2. The van der Waals surface area contributed by atoms with Crippen LogP contribution in [0.4, 0.5) is 0 Å². The fraction of sp³-hybridized carbons (Fsp3) is 0.545. The molecule has 1 atom stereocenters. The van der Waals surface area contributed by atoms with Gasteiger partial charge in [0.2, 0.25) is 5.91 Å². The lowest BCUT2D eigenvalue weighted by atomic mass is 10.0. The lowest BCUT2D eigenvalue weighted by molar-refractivity contribution is -0.152. The van der Waals surface area contributed by atoms with Crippen molar-refractivity contribution in [1.82, 2.24) is 14.7 Å². The maximum atomic E-state index is 11.8. The van der Waals surface area contributed by atoms with Gasteiger partial charge >= 0.3 is 5.97 Å². The molecule has 0 spiro atoms. The van der Waals surface area contributed by atoms with Crippen molar-refractivity contribution in [3.8, 4) is 0 Å². The lowest BCUT2D eigenvalue weighted by Gasteiger charge is -2.31. The van der Waals surface area contributed by atoms with Gasteiger partial charge in [-0.2, -0.15) is 5.10 Å². The molecule has 1 aromatic rings. The number of aromatic nitrogens is 2. The van der Waals surface area contributed by atoms with E-state index in [2.05, 4.69) is 5.10 Å². The number of piperidine rings is 1. The van der Waals surface area contributed by atoms with Gasteiger partial charge in [0.25, 0.3) is 0 Å². The summed E-state index contributed by atoms with van der Waals surface area (Å²) in [6, 6.07) is -0.906. The normalized spacial score (nSPS) is 18.2. The van der Waals surface area contributed by atoms with Crippen molar-refractivity contribution in [3.05, 3.63) is 18.0 Å². The molecule has 6 heteroatoms. The number of hydrogen-bond acceptors (Lipinski definition) is 3. The van der Waals surface area contributed by atoms with Crippen LogP contribution in [0.1, 0.15) is 30.9 Å². The highest BCUT2D eigenvalue weighted by Gasteiger charge is 2.33. The van der Waals surface area contributed by atoms with Crippen LogP contribution in [0, 0.1) is 0 Å². The highest BCUT2D eigenvalue weighted by molar-refractivity contribution is 5.85. The van der Waals surface area contributed by atoms with Crippen LogP contribution in [0.15, 0.2) is 12.4 Å². The second-order valence-corrected chi connectivity index (χ2v) is 4.23. The molecular weight excluding hydrogens is 222 g/mol. The number of carboxylic acids is 1. The smallest absolute Gasteiger partial charge is 0.331 e. The Morgan fingerprint density at radius 2 is 2.29 bits per heavy atom. The number of nitrogens with zero attached hydrogens (tertiary/aromatic N) is 3. The maximum Gasteiger partial charge on any atom is 0.331 e. The second-order valence-electron chi connectivity index (χ2n) is 4.23. The zero-order valence-electron chi connectivity index (χ0n) is 9.67. The molecular formula is C11H15N3O3. The topological polar surface area (TPSA) is 75.4 Å². The summed E-state index contributed by atoms with van der Waals surface area (Å²) in [6.45, 7) is 0.505. The van der Waals surface area contributed by atoms with E-state index >= 15 is 0 Å². The first-order valence-electron chi connectivity index (χ1n) is 5.60. The fourth-order valence-electron chi connectivity index (χ4n) is 2.14. The molecule has 1 aliphatic heterocycles. The molecule has 1 N–H and O–H groups in total. The van der Waals surface area contributed by atoms with Crippen LogP contribution < -0.4 is 0 Å². The number of amides is 1. The number of aliphatic carboxylic acids is 1. The minimum Gasteiger partial charge on any atom is -0.479 e. The molecule has 92 valence electrons. The number of carboxylic acid groups (broad SMARTS) is 1. The minimum absolute atomic E-state index is 0.0903. The molecule has 0 aromatic carbocycles. The monoisotopic (exact) mass is 237 g/mol. The first kappa shape index (κ1) is 11.6. The summed E-state index contributed by atoms with van der Waals surface area (Å²) in [6.07, 6.45) is 5.27. The summed E-state index contributed by atoms with van der Waals surface area (Å²) in [4.78, 5) is 24.5. The molecule has 1 unspecified atom stereocenters. The largest absolute Gasteiger partial charge is 0.479 e. The third-order valence-corrected chi connectivity index (χ3v) is 2.95. The molecule has 17 heavy (non-hydrogen) atoms. The molecule has 0 bridgehead atoms. The molecule has 2 rings (SSSR count). The van der Waals surface area contributed by atoms with Crippen LogP contribution >= 0.6 is 0 Å². The molecule has 1 fully saturated rings. The van der Waals surface area contributed by atoms with Crippen molar-refractivity contribution >= 4 is 11.9 Å². The summed E-state index contributed by atoms with van der Waals surface area (Å²) in [5.74, 6) is -1.10. The fourth-order valence-corrected chi connectivity index (χ4v) is 2.14. The molecule has 6 nitrogen and oxygen atoms in total. The first-order chi connectivity index (χ1) is 8.09. The number of carbonyl (C=O) groups excluding carboxylic acids is 1. The summed E-state index contributed by atoms with van der Waals surface area (Å²) in [7, 11) is 1.72. The van der Waals surface area contributed by atoms with Crippen LogP contribution in [0.2, 0.25) is 0 Å². The highest BCUT2D eigenvalue weighted by atomic mass is 16.4. The standard InChI is InChI=1S/C11H15N3O3/c1-13-7-8(6-12-13)10(11(16)17)14-5-3-2-4-9(14)15/h6-7,10H,2-5H2,1H3,(H,16,17). The van der Waals surface area contributed by atoms with Crippen molar-refractivity contribution in [2.24, 2.45) is 7.05 Å². The zero-order chi connectivity index (χ0) is 12.4. The van der Waals surface area contributed by atoms with Crippen LogP contribution in [-0.4, -0.2) is 38.2 Å². The van der Waals surface area contributed by atoms with Crippen LogP contribution in [0.25, 0.3) is 0 Å². The van der Waals surface area contributed by atoms with Crippen LogP contribution in [0.5, 0.6) is 0 Å². The van der Waals surface area contributed by atoms with Gasteiger partial charge in [-0.3, -0.25) is 9.48 Å². The van der Waals surface area contributed by atoms with E-state index in [0.717, 1.165) is 12.8 Å². The summed E-state index contributed by atoms with van der Waals surface area (Å²) in [5.41, 5.74) is 0.551. The van der Waals surface area contributed by atoms with Gasteiger partial charge in [-0.25, -0.2) is 4.79 Å². The van der Waals surface area contributed by atoms with Gasteiger partial charge in [-0.1, -0.05) is 0 Å². The Bertz CT molecular complexity index is 441. The summed E-state index contributed by atoms with van der Waals surface area (Å²) >= 11 is 0. The van der Waals surface area contributed by atoms with Gasteiger partial charge < -0.3 is 10.0 Å². The van der Waals surface area contributed by atoms with Gasteiger partial charge in [0.15, 0.2) is 6.04 Å². The Morgan fingerprint density at radius 1 is 1.53 bits per heavy atom. The van der Waals surface area contributed by atoms with E-state index in [0.29, 0.717) is 18.5 Å². The molecule has 1 saturated heterocycles. The Labute approximate surface area is 98.8 Å². The van der Waals surface area contributed by atoms with Crippen molar-refractivity contribution in [2.75, 3.05) is 6.54 Å². The van der Waals surface area contributed by atoms with Gasteiger partial charge in [0.05, 0.1) is 6.20 Å². The number of rotatable bonds is 3. The number of hydrogen-bond donors (Lipinski definition) is 1. The van der Waals surface area contributed by atoms with E-state index in [4.69, 9.17) is 0 Å². The lowest BCUT2D eigenvalue weighted by Crippen LogP contribution is -2.41. The Morgan fingerprint density at radius 3 is 2.82 bits per heavy atom. The van der Waals surface area contributed by atoms with E-state index in [1.807, 2.05) is 0 Å². The number of aryl methyl sites for hydroxylation is 1. The van der Waals surface area contributed by atoms with Crippen molar-refractivity contribution in [2.45, 2.75) is 25.3 Å². The quantitative estimate of drug-likeness (QED) is 0.833. The first-order valence-corrected chi connectivity index (χ1v) is 5.60. The van der Waals surface area contributed by atoms with Gasteiger partial charge in [-0.05, 0) is 12.8 Å². The Hall–Kier alpha value is -1.85. The molecule has 1 aromatic heterocycles. The Balaban J connectivity index is 2.28.